The Morgan fingerprint density at radius 3 is 2.76 bits per heavy atom. The summed E-state index contributed by atoms with van der Waals surface area (Å²) in [6.07, 6.45) is 1.43. The van der Waals surface area contributed by atoms with Crippen molar-refractivity contribution in [2.45, 2.75) is 74.1 Å². The number of aliphatic hydroxyl groups is 2. The molecule has 15 heteroatoms. The lowest BCUT2D eigenvalue weighted by molar-refractivity contribution is -0.230. The number of ether oxygens (including phenoxy) is 1. The van der Waals surface area contributed by atoms with Crippen molar-refractivity contribution in [2.24, 2.45) is 21.5 Å². The van der Waals surface area contributed by atoms with Gasteiger partial charge in [-0.2, -0.15) is 0 Å². The smallest absolute Gasteiger partial charge is 0.255 e. The highest BCUT2D eigenvalue weighted by Gasteiger charge is 2.73. The van der Waals surface area contributed by atoms with Gasteiger partial charge in [0.1, 0.15) is 23.9 Å². The van der Waals surface area contributed by atoms with Crippen molar-refractivity contribution in [1.29, 1.82) is 0 Å². The summed E-state index contributed by atoms with van der Waals surface area (Å²) in [5, 5.41) is 34.4. The number of hydrogen-bond acceptors (Lipinski definition) is 12. The number of benzene rings is 1. The zero-order chi connectivity index (χ0) is 29.3. The maximum atomic E-state index is 13.6. The van der Waals surface area contributed by atoms with Gasteiger partial charge in [-0.3, -0.25) is 14.4 Å². The number of amides is 3. The Hall–Kier alpha value is -4.11. The summed E-state index contributed by atoms with van der Waals surface area (Å²) < 4.78 is 5.88. The number of carbonyl (C=O) groups excluding carboxylic acids is 3. The number of guanidine groups is 2. The predicted octanol–water partition coefficient (Wildman–Crippen LogP) is -3.08. The second-order valence-electron chi connectivity index (χ2n) is 11.8. The highest BCUT2D eigenvalue weighted by molar-refractivity contribution is 5.98. The highest BCUT2D eigenvalue weighted by atomic mass is 16.5. The molecule has 0 aliphatic carbocycles. The van der Waals surface area contributed by atoms with Crippen LogP contribution in [0.5, 0.6) is 5.75 Å². The zero-order valence-corrected chi connectivity index (χ0v) is 22.8. The monoisotopic (exact) mass is 569 g/mol. The van der Waals surface area contributed by atoms with Gasteiger partial charge in [0, 0.05) is 25.1 Å². The van der Waals surface area contributed by atoms with E-state index in [0.717, 1.165) is 12.0 Å². The van der Waals surface area contributed by atoms with Crippen LogP contribution in [-0.4, -0.2) is 100 Å². The first-order chi connectivity index (χ1) is 19.3. The summed E-state index contributed by atoms with van der Waals surface area (Å²) >= 11 is 0. The van der Waals surface area contributed by atoms with Crippen LogP contribution in [0.2, 0.25) is 0 Å². The summed E-state index contributed by atoms with van der Waals surface area (Å²) in [6.45, 7) is 4.44. The van der Waals surface area contributed by atoms with Crippen LogP contribution in [0, 0.1) is 0 Å². The molecule has 220 valence electrons. The molecule has 3 amide bonds. The molecule has 1 aromatic carbocycles. The number of nitrogens with one attached hydrogen (secondary N) is 4. The van der Waals surface area contributed by atoms with E-state index in [1.54, 1.807) is 12.1 Å². The Morgan fingerprint density at radius 2 is 2.02 bits per heavy atom. The standard InChI is InChI=1S/C26H35N9O6/c1-24(2)8-9-41-18-12(4-3-5-13(18)24)20(37)32-16-11-35-23(28)31-15(10-29-21(38)14-6-7-17(36)30-14)19-25(35,26(16,39)40)34-22(27)33-19/h3-5,14-16,19,39-40H,6-11H2,1-2H3,(H2,28,31)(H,29,38)(H,30,36)(H,32,37)(H3,27,33,34)/t14?,15-,16?,19-,25-/m0/s1. The summed E-state index contributed by atoms with van der Waals surface area (Å²) in [5.41, 5.74) is 11.6. The Morgan fingerprint density at radius 1 is 1.24 bits per heavy atom. The Balaban J connectivity index is 1.25. The number of para-hydroxylation sites is 1. The molecule has 5 aliphatic heterocycles. The van der Waals surface area contributed by atoms with E-state index in [1.165, 1.54) is 4.90 Å². The minimum Gasteiger partial charge on any atom is -0.492 e. The molecule has 41 heavy (non-hydrogen) atoms. The minimum absolute atomic E-state index is 0.0431. The molecule has 1 aromatic rings. The molecule has 2 fully saturated rings. The first kappa shape index (κ1) is 27.1. The van der Waals surface area contributed by atoms with Crippen molar-refractivity contribution in [2.75, 3.05) is 19.7 Å². The summed E-state index contributed by atoms with van der Waals surface area (Å²) in [4.78, 5) is 48.0. The number of fused-ring (bicyclic) bond motifs is 1. The van der Waals surface area contributed by atoms with Crippen molar-refractivity contribution in [1.82, 2.24) is 26.2 Å². The van der Waals surface area contributed by atoms with Gasteiger partial charge in [0.25, 0.3) is 5.91 Å². The van der Waals surface area contributed by atoms with Crippen molar-refractivity contribution in [3.05, 3.63) is 29.3 Å². The third kappa shape index (κ3) is 4.05. The van der Waals surface area contributed by atoms with E-state index in [2.05, 4.69) is 45.1 Å². The molecular formula is C26H35N9O6. The molecule has 2 unspecified atom stereocenters. The van der Waals surface area contributed by atoms with Crippen LogP contribution in [0.3, 0.4) is 0 Å². The van der Waals surface area contributed by atoms with Gasteiger partial charge in [0.2, 0.25) is 17.6 Å². The SMILES string of the molecule is CC1(C)CCOc2c(C(=O)NC3CN4C(N)=N[C@@H](CNC(=O)C5CCC(=O)N5)[C@@H]5N=C(N)N[C@@]54C3(O)O)cccc21. The van der Waals surface area contributed by atoms with Crippen molar-refractivity contribution in [3.8, 4) is 5.75 Å². The van der Waals surface area contributed by atoms with Gasteiger partial charge in [-0.05, 0) is 24.3 Å². The number of carbonyl (C=O) groups is 3. The molecule has 15 nitrogen and oxygen atoms in total. The molecule has 1 spiro atoms. The van der Waals surface area contributed by atoms with Crippen LogP contribution in [0.1, 0.15) is 49.0 Å². The summed E-state index contributed by atoms with van der Waals surface area (Å²) in [7, 11) is 0. The number of nitrogens with two attached hydrogens (primary N) is 2. The molecule has 6 rings (SSSR count). The Bertz CT molecular complexity index is 1380. The van der Waals surface area contributed by atoms with Crippen LogP contribution >= 0.6 is 0 Å². The second kappa shape index (κ2) is 9.21. The molecule has 5 aliphatic rings. The quantitative estimate of drug-likeness (QED) is 0.167. The maximum absolute atomic E-state index is 13.6. The molecule has 0 radical (unpaired) electrons. The van der Waals surface area contributed by atoms with Gasteiger partial charge in [-0.1, -0.05) is 26.0 Å². The van der Waals surface area contributed by atoms with E-state index in [4.69, 9.17) is 16.2 Å². The van der Waals surface area contributed by atoms with Gasteiger partial charge >= 0.3 is 0 Å². The molecule has 2 saturated heterocycles. The van der Waals surface area contributed by atoms with Crippen LogP contribution in [-0.2, 0) is 15.0 Å². The normalized spacial score (nSPS) is 32.3. The van der Waals surface area contributed by atoms with E-state index in [0.29, 0.717) is 18.8 Å². The summed E-state index contributed by atoms with van der Waals surface area (Å²) in [6, 6.07) is 1.61. The average molecular weight is 570 g/mol. The third-order valence-corrected chi connectivity index (χ3v) is 8.87. The van der Waals surface area contributed by atoms with Crippen molar-refractivity contribution in [3.63, 3.8) is 0 Å². The molecule has 0 bridgehead atoms. The average Bonchev–Trinajstić information content (AvgIpc) is 3.57. The lowest BCUT2D eigenvalue weighted by Crippen LogP contribution is -2.78. The minimum atomic E-state index is -2.63. The lowest BCUT2D eigenvalue weighted by atomic mass is 9.79. The Labute approximate surface area is 235 Å². The topological polar surface area (TPSA) is 229 Å². The van der Waals surface area contributed by atoms with Gasteiger partial charge < -0.3 is 52.6 Å². The van der Waals surface area contributed by atoms with Gasteiger partial charge in [0.05, 0.1) is 18.2 Å². The van der Waals surface area contributed by atoms with Crippen molar-refractivity contribution < 1.29 is 29.3 Å². The molecule has 5 atom stereocenters. The van der Waals surface area contributed by atoms with Gasteiger partial charge in [-0.25, -0.2) is 9.98 Å². The lowest BCUT2D eigenvalue weighted by Gasteiger charge is -2.49. The third-order valence-electron chi connectivity index (χ3n) is 8.87. The first-order valence-electron chi connectivity index (χ1n) is 13.7. The van der Waals surface area contributed by atoms with E-state index in [-0.39, 0.29) is 48.3 Å². The fraction of sp³-hybridized carbons (Fsp3) is 0.577. The van der Waals surface area contributed by atoms with Gasteiger partial charge in [0.15, 0.2) is 17.6 Å². The highest BCUT2D eigenvalue weighted by Crippen LogP contribution is 2.45. The van der Waals surface area contributed by atoms with Crippen LogP contribution < -0.4 is 37.5 Å². The van der Waals surface area contributed by atoms with Crippen LogP contribution in [0.25, 0.3) is 0 Å². The molecule has 10 N–H and O–H groups in total. The largest absolute Gasteiger partial charge is 0.492 e. The van der Waals surface area contributed by atoms with E-state index in [9.17, 15) is 24.6 Å². The predicted molar refractivity (Wildman–Crippen MR) is 146 cm³/mol. The summed E-state index contributed by atoms with van der Waals surface area (Å²) in [5.74, 6) is -3.42. The number of nitrogens with zero attached hydrogens (tertiary/aromatic N) is 3. The second-order valence-corrected chi connectivity index (χ2v) is 11.8. The Kier molecular flexibility index (Phi) is 6.08. The molecular weight excluding hydrogens is 534 g/mol. The first-order valence-corrected chi connectivity index (χ1v) is 13.7. The van der Waals surface area contributed by atoms with E-state index in [1.807, 2.05) is 6.07 Å². The fourth-order valence-corrected chi connectivity index (χ4v) is 6.57. The molecule has 0 aromatic heterocycles. The molecule has 0 saturated carbocycles. The molecule has 5 heterocycles. The fourth-order valence-electron chi connectivity index (χ4n) is 6.57. The number of hydrogen-bond donors (Lipinski definition) is 8. The maximum Gasteiger partial charge on any atom is 0.255 e. The zero-order valence-electron chi connectivity index (χ0n) is 22.8. The van der Waals surface area contributed by atoms with Gasteiger partial charge in [-0.15, -0.1) is 0 Å². The van der Waals surface area contributed by atoms with E-state index < -0.39 is 47.4 Å². The van der Waals surface area contributed by atoms with Crippen LogP contribution in [0.15, 0.2) is 28.2 Å². The number of aliphatic imine (C=N–C) groups is 2. The van der Waals surface area contributed by atoms with E-state index >= 15 is 0 Å². The number of rotatable bonds is 5. The van der Waals surface area contributed by atoms with Crippen molar-refractivity contribution >= 4 is 29.6 Å². The van der Waals surface area contributed by atoms with Crippen LogP contribution in [0.4, 0.5) is 0 Å².